The summed E-state index contributed by atoms with van der Waals surface area (Å²) in [5, 5.41) is 7.36. The molecule has 7 heteroatoms. The van der Waals surface area contributed by atoms with Crippen molar-refractivity contribution >= 4 is 17.2 Å². The predicted molar refractivity (Wildman–Crippen MR) is 108 cm³/mol. The fourth-order valence-corrected chi connectivity index (χ4v) is 3.99. The van der Waals surface area contributed by atoms with Crippen molar-refractivity contribution < 1.29 is 14.3 Å². The summed E-state index contributed by atoms with van der Waals surface area (Å²) in [6.45, 7) is 4.65. The van der Waals surface area contributed by atoms with E-state index in [1.54, 1.807) is 43.8 Å². The van der Waals surface area contributed by atoms with E-state index >= 15 is 0 Å². The first kappa shape index (κ1) is 19.7. The molecule has 27 heavy (non-hydrogen) atoms. The van der Waals surface area contributed by atoms with Crippen molar-refractivity contribution in [2.45, 2.75) is 6.04 Å². The van der Waals surface area contributed by atoms with Crippen molar-refractivity contribution in [3.63, 3.8) is 0 Å². The van der Waals surface area contributed by atoms with Crippen LogP contribution >= 0.6 is 11.3 Å². The second-order valence-corrected chi connectivity index (χ2v) is 7.50. The Labute approximate surface area is 164 Å². The van der Waals surface area contributed by atoms with Crippen molar-refractivity contribution in [3.05, 3.63) is 46.2 Å². The molecule has 1 amide bonds. The first-order chi connectivity index (χ1) is 13.1. The van der Waals surface area contributed by atoms with Gasteiger partial charge in [-0.25, -0.2) is 0 Å². The summed E-state index contributed by atoms with van der Waals surface area (Å²) in [6.07, 6.45) is 0. The molecule has 146 valence electrons. The topological polar surface area (TPSA) is 54.0 Å². The van der Waals surface area contributed by atoms with Gasteiger partial charge in [-0.3, -0.25) is 9.69 Å². The number of nitrogens with one attached hydrogen (secondary N) is 1. The van der Waals surface area contributed by atoms with Crippen LogP contribution < -0.4 is 14.8 Å². The Balaban J connectivity index is 1.71. The Hall–Kier alpha value is -2.09. The quantitative estimate of drug-likeness (QED) is 0.789. The molecule has 1 aliphatic heterocycles. The number of rotatable bonds is 7. The highest BCUT2D eigenvalue weighted by Crippen LogP contribution is 2.25. The molecule has 1 unspecified atom stereocenters. The molecule has 0 spiro atoms. The van der Waals surface area contributed by atoms with Gasteiger partial charge in [-0.2, -0.15) is 11.3 Å². The van der Waals surface area contributed by atoms with Gasteiger partial charge in [0.25, 0.3) is 5.91 Å². The fourth-order valence-electron chi connectivity index (χ4n) is 3.29. The largest absolute Gasteiger partial charge is 0.497 e. The summed E-state index contributed by atoms with van der Waals surface area (Å²) in [7, 11) is 5.31. The minimum absolute atomic E-state index is 0.124. The van der Waals surface area contributed by atoms with Gasteiger partial charge in [0.2, 0.25) is 0 Å². The van der Waals surface area contributed by atoms with Crippen LogP contribution in [-0.2, 0) is 0 Å². The van der Waals surface area contributed by atoms with Gasteiger partial charge in [0.1, 0.15) is 11.5 Å². The number of amides is 1. The second kappa shape index (κ2) is 9.21. The smallest absolute Gasteiger partial charge is 0.251 e. The zero-order valence-electron chi connectivity index (χ0n) is 16.1. The average Bonchev–Trinajstić information content (AvgIpc) is 3.23. The molecule has 1 aromatic carbocycles. The molecule has 1 aliphatic rings. The number of ether oxygens (including phenoxy) is 2. The number of carbonyl (C=O) groups is 1. The van der Waals surface area contributed by atoms with Gasteiger partial charge < -0.3 is 19.7 Å². The minimum Gasteiger partial charge on any atom is -0.497 e. The van der Waals surface area contributed by atoms with E-state index in [4.69, 9.17) is 9.47 Å². The highest BCUT2D eigenvalue weighted by molar-refractivity contribution is 7.07. The highest BCUT2D eigenvalue weighted by atomic mass is 32.1. The van der Waals surface area contributed by atoms with Crippen LogP contribution in [0.5, 0.6) is 11.5 Å². The van der Waals surface area contributed by atoms with Crippen molar-refractivity contribution in [2.24, 2.45) is 0 Å². The molecule has 2 heterocycles. The monoisotopic (exact) mass is 389 g/mol. The van der Waals surface area contributed by atoms with Crippen molar-refractivity contribution in [1.29, 1.82) is 0 Å². The molecule has 2 aromatic rings. The van der Waals surface area contributed by atoms with Gasteiger partial charge in [0, 0.05) is 44.4 Å². The lowest BCUT2D eigenvalue weighted by molar-refractivity contribution is 0.0886. The summed E-state index contributed by atoms with van der Waals surface area (Å²) in [6, 6.07) is 7.55. The Morgan fingerprint density at radius 2 is 1.81 bits per heavy atom. The van der Waals surface area contributed by atoms with E-state index in [9.17, 15) is 4.79 Å². The normalized spacial score (nSPS) is 16.7. The van der Waals surface area contributed by atoms with E-state index in [2.05, 4.69) is 39.0 Å². The summed E-state index contributed by atoms with van der Waals surface area (Å²) >= 11 is 1.69. The Bertz CT molecular complexity index is 721. The number of likely N-dealkylation sites (N-methyl/N-ethyl adjacent to an activating group) is 1. The van der Waals surface area contributed by atoms with Crippen LogP contribution in [0.25, 0.3) is 0 Å². The van der Waals surface area contributed by atoms with Gasteiger partial charge in [-0.05, 0) is 41.6 Å². The number of piperazine rings is 1. The van der Waals surface area contributed by atoms with Crippen molar-refractivity contribution in [2.75, 3.05) is 54.0 Å². The third-order valence-corrected chi connectivity index (χ3v) is 5.68. The van der Waals surface area contributed by atoms with Gasteiger partial charge in [-0.1, -0.05) is 0 Å². The van der Waals surface area contributed by atoms with E-state index < -0.39 is 0 Å². The van der Waals surface area contributed by atoms with Gasteiger partial charge in [0.15, 0.2) is 0 Å². The van der Waals surface area contributed by atoms with E-state index in [0.29, 0.717) is 23.6 Å². The molecule has 3 rings (SSSR count). The molecule has 1 saturated heterocycles. The van der Waals surface area contributed by atoms with E-state index in [1.165, 1.54) is 5.56 Å². The molecule has 1 N–H and O–H groups in total. The molecular formula is C20H27N3O3S. The number of hydrogen-bond donors (Lipinski definition) is 1. The van der Waals surface area contributed by atoms with Crippen LogP contribution in [0.15, 0.2) is 35.0 Å². The molecular weight excluding hydrogens is 362 g/mol. The Kier molecular flexibility index (Phi) is 6.71. The van der Waals surface area contributed by atoms with Crippen LogP contribution in [0, 0.1) is 0 Å². The van der Waals surface area contributed by atoms with Gasteiger partial charge in [0.05, 0.1) is 20.3 Å². The predicted octanol–water partition coefficient (Wildman–Crippen LogP) is 2.48. The van der Waals surface area contributed by atoms with Gasteiger partial charge in [-0.15, -0.1) is 0 Å². The zero-order chi connectivity index (χ0) is 19.2. The standard InChI is InChI=1S/C20H27N3O3S/c1-22-5-7-23(8-6-22)19(15-4-9-27-14-15)13-21-20(24)16-10-17(25-2)12-18(11-16)26-3/h4,9-12,14,19H,5-8,13H2,1-3H3,(H,21,24). The summed E-state index contributed by atoms with van der Waals surface area (Å²) in [5.74, 6) is 1.09. The number of methoxy groups -OCH3 is 2. The zero-order valence-corrected chi connectivity index (χ0v) is 16.9. The number of thiophene rings is 1. The van der Waals surface area contributed by atoms with E-state index in [-0.39, 0.29) is 11.9 Å². The molecule has 1 aromatic heterocycles. The number of benzene rings is 1. The molecule has 0 radical (unpaired) electrons. The number of carbonyl (C=O) groups excluding carboxylic acids is 1. The molecule has 1 fully saturated rings. The van der Waals surface area contributed by atoms with Gasteiger partial charge >= 0.3 is 0 Å². The summed E-state index contributed by atoms with van der Waals surface area (Å²) in [4.78, 5) is 17.5. The molecule has 0 saturated carbocycles. The fraction of sp³-hybridized carbons (Fsp3) is 0.450. The average molecular weight is 390 g/mol. The maximum Gasteiger partial charge on any atom is 0.251 e. The van der Waals surface area contributed by atoms with Crippen molar-refractivity contribution in [3.8, 4) is 11.5 Å². The van der Waals surface area contributed by atoms with E-state index in [1.807, 2.05) is 0 Å². The first-order valence-electron chi connectivity index (χ1n) is 9.06. The van der Waals surface area contributed by atoms with Crippen LogP contribution in [0.2, 0.25) is 0 Å². The van der Waals surface area contributed by atoms with Crippen molar-refractivity contribution in [1.82, 2.24) is 15.1 Å². The summed E-state index contributed by atoms with van der Waals surface area (Å²) in [5.41, 5.74) is 1.79. The second-order valence-electron chi connectivity index (χ2n) is 6.72. The molecule has 0 bridgehead atoms. The minimum atomic E-state index is -0.124. The van der Waals surface area contributed by atoms with Crippen LogP contribution in [0.4, 0.5) is 0 Å². The Morgan fingerprint density at radius 3 is 2.37 bits per heavy atom. The molecule has 0 aliphatic carbocycles. The van der Waals surface area contributed by atoms with E-state index in [0.717, 1.165) is 26.2 Å². The van der Waals surface area contributed by atoms with Crippen LogP contribution in [0.1, 0.15) is 22.0 Å². The third-order valence-electron chi connectivity index (χ3n) is 4.98. The molecule has 1 atom stereocenters. The number of nitrogens with zero attached hydrogens (tertiary/aromatic N) is 2. The Morgan fingerprint density at radius 1 is 1.15 bits per heavy atom. The highest BCUT2D eigenvalue weighted by Gasteiger charge is 2.25. The summed E-state index contributed by atoms with van der Waals surface area (Å²) < 4.78 is 10.5. The lowest BCUT2D eigenvalue weighted by atomic mass is 10.1. The number of hydrogen-bond acceptors (Lipinski definition) is 6. The maximum absolute atomic E-state index is 12.7. The molecule has 6 nitrogen and oxygen atoms in total. The third kappa shape index (κ3) is 5.00. The first-order valence-corrected chi connectivity index (χ1v) is 10.0. The van der Waals surface area contributed by atoms with Crippen LogP contribution in [0.3, 0.4) is 0 Å². The lowest BCUT2D eigenvalue weighted by Crippen LogP contribution is -2.48. The van der Waals surface area contributed by atoms with Crippen LogP contribution in [-0.4, -0.2) is 69.7 Å². The lowest BCUT2D eigenvalue weighted by Gasteiger charge is -2.38. The maximum atomic E-state index is 12.7. The SMILES string of the molecule is COc1cc(OC)cc(C(=O)NCC(c2ccsc2)N2CCN(C)CC2)c1.